The molecule has 9 heteroatoms. The summed E-state index contributed by atoms with van der Waals surface area (Å²) in [6, 6.07) is 16.7. The Labute approximate surface area is 183 Å². The van der Waals surface area contributed by atoms with Gasteiger partial charge >= 0.3 is 0 Å². The molecule has 0 amide bonds. The van der Waals surface area contributed by atoms with Crippen LogP contribution in [0.5, 0.6) is 5.75 Å². The van der Waals surface area contributed by atoms with Crippen LogP contribution >= 0.6 is 0 Å². The second-order valence-corrected chi connectivity index (χ2v) is 7.29. The summed E-state index contributed by atoms with van der Waals surface area (Å²) in [5.74, 6) is 1.04. The molecule has 0 aliphatic heterocycles. The second-order valence-electron chi connectivity index (χ2n) is 7.29. The van der Waals surface area contributed by atoms with Crippen molar-refractivity contribution in [2.24, 2.45) is 0 Å². The van der Waals surface area contributed by atoms with Crippen molar-refractivity contribution in [3.63, 3.8) is 0 Å². The average molecular weight is 427 g/mol. The molecule has 0 bridgehead atoms. The Morgan fingerprint density at radius 2 is 1.94 bits per heavy atom. The van der Waals surface area contributed by atoms with Gasteiger partial charge in [0.25, 0.3) is 0 Å². The minimum Gasteiger partial charge on any atom is -0.496 e. The van der Waals surface area contributed by atoms with Gasteiger partial charge in [0.05, 0.1) is 18.4 Å². The lowest BCUT2D eigenvalue weighted by atomic mass is 9.85. The topological polar surface area (TPSA) is 114 Å². The van der Waals surface area contributed by atoms with Gasteiger partial charge in [0.15, 0.2) is 11.4 Å². The monoisotopic (exact) mass is 427 g/mol. The molecule has 1 atom stereocenters. The molecule has 5 aromatic rings. The first-order valence-corrected chi connectivity index (χ1v) is 10.2. The van der Waals surface area contributed by atoms with Crippen LogP contribution in [0, 0.1) is 0 Å². The number of pyridine rings is 2. The van der Waals surface area contributed by atoms with Gasteiger partial charge in [-0.1, -0.05) is 43.3 Å². The molecule has 9 nitrogen and oxygen atoms in total. The Balaban J connectivity index is 1.82. The number of nitrogens with zero attached hydrogens (tertiary/aromatic N) is 6. The summed E-state index contributed by atoms with van der Waals surface area (Å²) in [6.45, 7) is 2.02. The Morgan fingerprint density at radius 1 is 1.12 bits per heavy atom. The SMILES string of the molecule is CCc1c(C(O)(c2ccccc2)c2ccccn2)nc2cc(OC)c(-c3nnn[nH]3)cn12. The highest BCUT2D eigenvalue weighted by molar-refractivity contribution is 5.68. The maximum atomic E-state index is 12.2. The molecule has 0 saturated heterocycles. The number of hydrogen-bond donors (Lipinski definition) is 2. The van der Waals surface area contributed by atoms with Gasteiger partial charge in [-0.3, -0.25) is 4.98 Å². The Hall–Kier alpha value is -4.11. The zero-order chi connectivity index (χ0) is 22.1. The Bertz CT molecular complexity index is 1310. The summed E-state index contributed by atoms with van der Waals surface area (Å²) in [4.78, 5) is 9.36. The van der Waals surface area contributed by atoms with Crippen molar-refractivity contribution in [1.82, 2.24) is 35.0 Å². The second kappa shape index (κ2) is 7.86. The normalized spacial score (nSPS) is 13.2. The molecule has 0 aliphatic rings. The summed E-state index contributed by atoms with van der Waals surface area (Å²) < 4.78 is 7.51. The van der Waals surface area contributed by atoms with Crippen molar-refractivity contribution >= 4 is 5.65 Å². The van der Waals surface area contributed by atoms with Crippen LogP contribution in [0.2, 0.25) is 0 Å². The third-order valence-corrected chi connectivity index (χ3v) is 5.55. The zero-order valence-corrected chi connectivity index (χ0v) is 17.6. The van der Waals surface area contributed by atoms with Gasteiger partial charge < -0.3 is 14.2 Å². The van der Waals surface area contributed by atoms with Gasteiger partial charge in [-0.05, 0) is 34.5 Å². The third-order valence-electron chi connectivity index (χ3n) is 5.55. The molecule has 0 saturated carbocycles. The fourth-order valence-corrected chi connectivity index (χ4v) is 4.03. The van der Waals surface area contributed by atoms with Gasteiger partial charge in [0.2, 0.25) is 0 Å². The highest BCUT2D eigenvalue weighted by Crippen LogP contribution is 2.38. The molecule has 5 rings (SSSR count). The van der Waals surface area contributed by atoms with E-state index < -0.39 is 5.60 Å². The van der Waals surface area contributed by atoms with Crippen LogP contribution in [0.3, 0.4) is 0 Å². The van der Waals surface area contributed by atoms with Crippen LogP contribution in [-0.4, -0.2) is 47.2 Å². The minimum absolute atomic E-state index is 0.476. The first-order chi connectivity index (χ1) is 15.7. The molecular weight excluding hydrogens is 406 g/mol. The number of nitrogens with one attached hydrogen (secondary N) is 1. The van der Waals surface area contributed by atoms with E-state index >= 15 is 0 Å². The summed E-state index contributed by atoms with van der Waals surface area (Å²) >= 11 is 0. The lowest BCUT2D eigenvalue weighted by molar-refractivity contribution is 0.115. The summed E-state index contributed by atoms with van der Waals surface area (Å²) in [5, 5.41) is 26.3. The van der Waals surface area contributed by atoms with E-state index in [2.05, 4.69) is 25.6 Å². The van der Waals surface area contributed by atoms with Crippen LogP contribution in [-0.2, 0) is 12.0 Å². The summed E-state index contributed by atoms with van der Waals surface area (Å²) in [7, 11) is 1.58. The molecule has 1 aromatic carbocycles. The van der Waals surface area contributed by atoms with E-state index in [-0.39, 0.29) is 0 Å². The number of ether oxygens (including phenoxy) is 1. The van der Waals surface area contributed by atoms with Crippen LogP contribution in [0.15, 0.2) is 67.0 Å². The molecular formula is C23H21N7O2. The van der Waals surface area contributed by atoms with Crippen LogP contribution in [0.4, 0.5) is 0 Å². The van der Waals surface area contributed by atoms with E-state index in [1.54, 1.807) is 13.3 Å². The number of imidazole rings is 1. The number of aromatic nitrogens is 7. The van der Waals surface area contributed by atoms with Gasteiger partial charge in [-0.2, -0.15) is 0 Å². The molecule has 0 spiro atoms. The third kappa shape index (κ3) is 3.02. The molecule has 1 unspecified atom stereocenters. The van der Waals surface area contributed by atoms with E-state index in [0.29, 0.717) is 46.2 Å². The highest BCUT2D eigenvalue weighted by Gasteiger charge is 2.40. The zero-order valence-electron chi connectivity index (χ0n) is 17.6. The summed E-state index contributed by atoms with van der Waals surface area (Å²) in [5.41, 5.74) is 2.31. The average Bonchev–Trinajstić information content (AvgIpc) is 3.51. The van der Waals surface area contributed by atoms with Crippen LogP contribution < -0.4 is 4.74 Å². The van der Waals surface area contributed by atoms with Gasteiger partial charge in [-0.25, -0.2) is 10.1 Å². The molecule has 4 aromatic heterocycles. The van der Waals surface area contributed by atoms with Crippen molar-refractivity contribution < 1.29 is 9.84 Å². The van der Waals surface area contributed by atoms with Crippen molar-refractivity contribution in [1.29, 1.82) is 0 Å². The lowest BCUT2D eigenvalue weighted by Gasteiger charge is -2.27. The number of aromatic amines is 1. The van der Waals surface area contributed by atoms with Crippen molar-refractivity contribution in [3.8, 4) is 17.1 Å². The largest absolute Gasteiger partial charge is 0.496 e. The molecule has 32 heavy (non-hydrogen) atoms. The van der Waals surface area contributed by atoms with E-state index in [0.717, 1.165) is 5.69 Å². The first-order valence-electron chi connectivity index (χ1n) is 10.2. The number of H-pyrrole nitrogens is 1. The fourth-order valence-electron chi connectivity index (χ4n) is 4.03. The van der Waals surface area contributed by atoms with Crippen molar-refractivity contribution in [2.45, 2.75) is 18.9 Å². The van der Waals surface area contributed by atoms with Crippen LogP contribution in [0.1, 0.15) is 29.6 Å². The number of hydrogen-bond acceptors (Lipinski definition) is 7. The fraction of sp³-hybridized carbons (Fsp3) is 0.174. The molecule has 0 radical (unpaired) electrons. The lowest BCUT2D eigenvalue weighted by Crippen LogP contribution is -2.31. The number of tetrazole rings is 1. The number of rotatable bonds is 6. The van der Waals surface area contributed by atoms with E-state index in [1.807, 2.05) is 72.1 Å². The maximum Gasteiger partial charge on any atom is 0.184 e. The maximum absolute atomic E-state index is 12.2. The van der Waals surface area contributed by atoms with Crippen LogP contribution in [0.25, 0.3) is 17.0 Å². The molecule has 2 N–H and O–H groups in total. The van der Waals surface area contributed by atoms with Gasteiger partial charge in [-0.15, -0.1) is 5.10 Å². The van der Waals surface area contributed by atoms with Crippen molar-refractivity contribution in [3.05, 3.63) is 89.6 Å². The molecule has 4 heterocycles. The molecule has 0 fully saturated rings. The molecule has 0 aliphatic carbocycles. The highest BCUT2D eigenvalue weighted by atomic mass is 16.5. The number of fused-ring (bicyclic) bond motifs is 1. The predicted molar refractivity (Wildman–Crippen MR) is 117 cm³/mol. The van der Waals surface area contributed by atoms with E-state index in [9.17, 15) is 5.11 Å². The quantitative estimate of drug-likeness (QED) is 0.428. The van der Waals surface area contributed by atoms with E-state index in [4.69, 9.17) is 9.72 Å². The minimum atomic E-state index is -1.54. The number of aryl methyl sites for hydroxylation is 1. The van der Waals surface area contributed by atoms with Crippen molar-refractivity contribution in [2.75, 3.05) is 7.11 Å². The number of aliphatic hydroxyl groups is 1. The molecule has 160 valence electrons. The first kappa shape index (κ1) is 19.8. The van der Waals surface area contributed by atoms with Gasteiger partial charge in [0.1, 0.15) is 17.1 Å². The Morgan fingerprint density at radius 3 is 2.59 bits per heavy atom. The predicted octanol–water partition coefficient (Wildman–Crippen LogP) is 2.76. The number of methoxy groups -OCH3 is 1. The standard InChI is InChI=1S/C23H21N7O2/c1-3-17-21(23(31,15-9-5-4-6-10-15)19-11-7-8-12-24-19)25-20-13-18(32-2)16(14-30(17)20)22-26-28-29-27-22/h4-14,31H,3H2,1-2H3,(H,26,27,28,29). The Kier molecular flexibility index (Phi) is 4.87. The van der Waals surface area contributed by atoms with Gasteiger partial charge in [0, 0.05) is 24.2 Å². The smallest absolute Gasteiger partial charge is 0.184 e. The van der Waals surface area contributed by atoms with E-state index in [1.165, 1.54) is 0 Å². The summed E-state index contributed by atoms with van der Waals surface area (Å²) in [6.07, 6.45) is 4.16. The number of benzene rings is 1.